The molecular formula is C17H12FNO2. The highest BCUT2D eigenvalue weighted by Crippen LogP contribution is 2.21. The molecule has 2 aromatic heterocycles. The number of nitrogens with zero attached hydrogens (tertiary/aromatic N) is 1. The Hall–Kier alpha value is -2.75. The number of hydrogen-bond acceptors (Lipinski definition) is 2. The number of rotatable bonds is 2. The zero-order valence-corrected chi connectivity index (χ0v) is 11.3. The van der Waals surface area contributed by atoms with Gasteiger partial charge in [0.2, 0.25) is 0 Å². The number of aromatic nitrogens is 1. The fourth-order valence-corrected chi connectivity index (χ4v) is 2.41. The molecule has 3 aromatic rings. The third-order valence-electron chi connectivity index (χ3n) is 3.39. The quantitative estimate of drug-likeness (QED) is 0.676. The number of hydrogen-bond donors (Lipinski definition) is 0. The lowest BCUT2D eigenvalue weighted by Gasteiger charge is -2.09. The van der Waals surface area contributed by atoms with E-state index in [-0.39, 0.29) is 16.7 Å². The summed E-state index contributed by atoms with van der Waals surface area (Å²) in [5.41, 5.74) is 2.10. The first-order chi connectivity index (χ1) is 10.1. The summed E-state index contributed by atoms with van der Waals surface area (Å²) >= 11 is 0. The Morgan fingerprint density at radius 2 is 1.95 bits per heavy atom. The van der Waals surface area contributed by atoms with Crippen molar-refractivity contribution in [3.63, 3.8) is 0 Å². The van der Waals surface area contributed by atoms with E-state index in [4.69, 9.17) is 0 Å². The average molecular weight is 281 g/mol. The summed E-state index contributed by atoms with van der Waals surface area (Å²) in [4.78, 5) is 24.0. The topological polar surface area (TPSA) is 38.5 Å². The van der Waals surface area contributed by atoms with Crippen molar-refractivity contribution >= 4 is 11.8 Å². The van der Waals surface area contributed by atoms with E-state index in [1.54, 1.807) is 24.4 Å². The molecule has 0 aliphatic heterocycles. The second-order valence-corrected chi connectivity index (χ2v) is 4.91. The van der Waals surface area contributed by atoms with Crippen LogP contribution in [0.2, 0.25) is 0 Å². The van der Waals surface area contributed by atoms with Crippen LogP contribution in [0, 0.1) is 12.7 Å². The molecule has 3 nitrogen and oxygen atoms in total. The third-order valence-corrected chi connectivity index (χ3v) is 3.39. The maximum Gasteiger partial charge on any atom is 0.263 e. The van der Waals surface area contributed by atoms with Crippen LogP contribution in [0.15, 0.2) is 53.5 Å². The summed E-state index contributed by atoms with van der Waals surface area (Å²) < 4.78 is 14.9. The zero-order chi connectivity index (χ0) is 15.0. The predicted molar refractivity (Wildman–Crippen MR) is 79.2 cm³/mol. The molecule has 0 aliphatic rings. The maximum absolute atomic E-state index is 13.4. The van der Waals surface area contributed by atoms with E-state index < -0.39 is 5.82 Å². The van der Waals surface area contributed by atoms with Crippen LogP contribution in [-0.4, -0.2) is 10.7 Å². The minimum absolute atomic E-state index is 0.215. The molecule has 0 saturated carbocycles. The van der Waals surface area contributed by atoms with Gasteiger partial charge < -0.3 is 0 Å². The number of aryl methyl sites for hydroxylation is 1. The van der Waals surface area contributed by atoms with Gasteiger partial charge in [0.05, 0.1) is 5.56 Å². The van der Waals surface area contributed by atoms with E-state index in [0.717, 1.165) is 5.56 Å². The molecular weight excluding hydrogens is 269 g/mol. The number of carbonyl (C=O) groups is 1. The molecule has 3 rings (SSSR count). The fourth-order valence-electron chi connectivity index (χ4n) is 2.41. The Labute approximate surface area is 120 Å². The van der Waals surface area contributed by atoms with Crippen molar-refractivity contribution in [3.8, 4) is 11.1 Å². The molecule has 104 valence electrons. The first-order valence-corrected chi connectivity index (χ1v) is 6.47. The molecule has 0 spiro atoms. The second kappa shape index (κ2) is 4.98. The largest absolute Gasteiger partial charge is 0.298 e. The standard InChI is InChI=1S/C17H12FNO2/c1-11-5-6-15-8-13(10-20)16(17(21)19(15)9-11)12-3-2-4-14(18)7-12/h2-10H,1H3. The van der Waals surface area contributed by atoms with Crippen molar-refractivity contribution in [1.82, 2.24) is 4.40 Å². The Morgan fingerprint density at radius 1 is 1.14 bits per heavy atom. The predicted octanol–water partition coefficient (Wildman–Crippen LogP) is 3.23. The van der Waals surface area contributed by atoms with Gasteiger partial charge in [-0.05, 0) is 42.3 Å². The highest BCUT2D eigenvalue weighted by atomic mass is 19.1. The van der Waals surface area contributed by atoms with Gasteiger partial charge in [0.1, 0.15) is 5.82 Å². The SMILES string of the molecule is Cc1ccc2cc(C=O)c(-c3cccc(F)c3)c(=O)n2c1. The molecule has 0 aliphatic carbocycles. The van der Waals surface area contributed by atoms with Crippen molar-refractivity contribution < 1.29 is 9.18 Å². The van der Waals surface area contributed by atoms with Crippen LogP contribution in [0.4, 0.5) is 4.39 Å². The van der Waals surface area contributed by atoms with Crippen LogP contribution in [-0.2, 0) is 0 Å². The van der Waals surface area contributed by atoms with E-state index in [2.05, 4.69) is 0 Å². The van der Waals surface area contributed by atoms with Crippen LogP contribution in [0.1, 0.15) is 15.9 Å². The normalized spacial score (nSPS) is 10.8. The number of benzene rings is 1. The molecule has 2 heterocycles. The Morgan fingerprint density at radius 3 is 2.67 bits per heavy atom. The molecule has 4 heteroatoms. The molecule has 0 bridgehead atoms. The average Bonchev–Trinajstić information content (AvgIpc) is 2.47. The molecule has 0 amide bonds. The van der Waals surface area contributed by atoms with Crippen molar-refractivity contribution in [3.05, 3.63) is 76.0 Å². The van der Waals surface area contributed by atoms with E-state index in [1.807, 2.05) is 13.0 Å². The number of halogens is 1. The third kappa shape index (κ3) is 2.25. The minimum atomic E-state index is -0.446. The highest BCUT2D eigenvalue weighted by molar-refractivity contribution is 5.89. The highest BCUT2D eigenvalue weighted by Gasteiger charge is 2.13. The first-order valence-electron chi connectivity index (χ1n) is 6.47. The first kappa shape index (κ1) is 13.2. The van der Waals surface area contributed by atoms with Gasteiger partial charge in [-0.3, -0.25) is 14.0 Å². The summed E-state index contributed by atoms with van der Waals surface area (Å²) in [7, 11) is 0. The van der Waals surface area contributed by atoms with Gasteiger partial charge in [0, 0.05) is 17.3 Å². The van der Waals surface area contributed by atoms with Gasteiger partial charge in [0.25, 0.3) is 5.56 Å². The number of carbonyl (C=O) groups excluding carboxylic acids is 1. The molecule has 1 aromatic carbocycles. The van der Waals surface area contributed by atoms with Crippen LogP contribution >= 0.6 is 0 Å². The maximum atomic E-state index is 13.4. The lowest BCUT2D eigenvalue weighted by Crippen LogP contribution is -2.18. The van der Waals surface area contributed by atoms with Gasteiger partial charge in [-0.25, -0.2) is 4.39 Å². The molecule has 0 saturated heterocycles. The fraction of sp³-hybridized carbons (Fsp3) is 0.0588. The summed E-state index contributed by atoms with van der Waals surface area (Å²) in [5, 5.41) is 0. The summed E-state index contributed by atoms with van der Waals surface area (Å²) in [6.07, 6.45) is 2.33. The van der Waals surface area contributed by atoms with Crippen LogP contribution in [0.25, 0.3) is 16.6 Å². The van der Waals surface area contributed by atoms with Gasteiger partial charge in [-0.15, -0.1) is 0 Å². The summed E-state index contributed by atoms with van der Waals surface area (Å²) in [5.74, 6) is -0.446. The van der Waals surface area contributed by atoms with Crippen molar-refractivity contribution in [2.75, 3.05) is 0 Å². The van der Waals surface area contributed by atoms with Gasteiger partial charge in [0.15, 0.2) is 6.29 Å². The van der Waals surface area contributed by atoms with Crippen LogP contribution in [0.5, 0.6) is 0 Å². The molecule has 21 heavy (non-hydrogen) atoms. The summed E-state index contributed by atoms with van der Waals surface area (Å²) in [6.45, 7) is 1.88. The van der Waals surface area contributed by atoms with Gasteiger partial charge in [-0.2, -0.15) is 0 Å². The van der Waals surface area contributed by atoms with Gasteiger partial charge >= 0.3 is 0 Å². The number of pyridine rings is 2. The molecule has 0 radical (unpaired) electrons. The van der Waals surface area contributed by atoms with Crippen LogP contribution in [0.3, 0.4) is 0 Å². The van der Waals surface area contributed by atoms with Crippen molar-refractivity contribution in [2.45, 2.75) is 6.92 Å². The number of fused-ring (bicyclic) bond motifs is 1. The Balaban J connectivity index is 2.43. The van der Waals surface area contributed by atoms with Crippen molar-refractivity contribution in [2.24, 2.45) is 0 Å². The summed E-state index contributed by atoms with van der Waals surface area (Å²) in [6, 6.07) is 11.0. The molecule has 0 unspecified atom stereocenters. The second-order valence-electron chi connectivity index (χ2n) is 4.91. The van der Waals surface area contributed by atoms with E-state index >= 15 is 0 Å². The van der Waals surface area contributed by atoms with Crippen LogP contribution < -0.4 is 5.56 Å². The minimum Gasteiger partial charge on any atom is -0.298 e. The lowest BCUT2D eigenvalue weighted by atomic mass is 10.0. The van der Waals surface area contributed by atoms with Gasteiger partial charge in [-0.1, -0.05) is 18.2 Å². The van der Waals surface area contributed by atoms with E-state index in [0.29, 0.717) is 17.4 Å². The lowest BCUT2D eigenvalue weighted by molar-refractivity contribution is 0.112. The van der Waals surface area contributed by atoms with E-state index in [1.165, 1.54) is 22.6 Å². The zero-order valence-electron chi connectivity index (χ0n) is 11.3. The monoisotopic (exact) mass is 281 g/mol. The van der Waals surface area contributed by atoms with E-state index in [9.17, 15) is 14.0 Å². The van der Waals surface area contributed by atoms with Crippen molar-refractivity contribution in [1.29, 1.82) is 0 Å². The molecule has 0 atom stereocenters. The smallest absolute Gasteiger partial charge is 0.263 e. The Kier molecular flexibility index (Phi) is 3.14. The Bertz CT molecular complexity index is 912. The molecule has 0 fully saturated rings. The number of aldehydes is 1. The molecule has 0 N–H and O–H groups in total.